The Labute approximate surface area is 100 Å². The molecule has 0 aliphatic heterocycles. The van der Waals surface area contributed by atoms with Gasteiger partial charge in [0.25, 0.3) is 0 Å². The van der Waals surface area contributed by atoms with Gasteiger partial charge in [-0.1, -0.05) is 24.3 Å². The average Bonchev–Trinajstić information content (AvgIpc) is 2.29. The minimum atomic E-state index is -3.37. The highest BCUT2D eigenvalue weighted by Crippen LogP contribution is 2.21. The van der Waals surface area contributed by atoms with Crippen LogP contribution in [0, 0.1) is 6.92 Å². The Kier molecular flexibility index (Phi) is 2.93. The Hall–Kier alpha value is -1.75. The number of sulfone groups is 1. The van der Waals surface area contributed by atoms with E-state index in [4.69, 9.17) is 0 Å². The lowest BCUT2D eigenvalue weighted by Gasteiger charge is -2.05. The van der Waals surface area contributed by atoms with E-state index >= 15 is 0 Å². The predicted molar refractivity (Wildman–Crippen MR) is 65.3 cm³/mol. The minimum absolute atomic E-state index is 0.141. The molecule has 0 atom stereocenters. The molecule has 0 saturated carbocycles. The van der Waals surface area contributed by atoms with Crippen molar-refractivity contribution in [3.8, 4) is 11.3 Å². The van der Waals surface area contributed by atoms with E-state index in [0.29, 0.717) is 5.69 Å². The molecule has 0 aliphatic carbocycles. The van der Waals surface area contributed by atoms with E-state index in [2.05, 4.69) is 9.97 Å². The fraction of sp³-hybridized carbons (Fsp3) is 0.167. The molecule has 1 aromatic heterocycles. The molecule has 0 aliphatic rings. The zero-order valence-electron chi connectivity index (χ0n) is 9.58. The van der Waals surface area contributed by atoms with E-state index < -0.39 is 9.84 Å². The van der Waals surface area contributed by atoms with Gasteiger partial charge in [0.1, 0.15) is 0 Å². The van der Waals surface area contributed by atoms with Crippen LogP contribution in [0.4, 0.5) is 0 Å². The third kappa shape index (κ3) is 2.50. The van der Waals surface area contributed by atoms with E-state index in [1.54, 1.807) is 6.07 Å². The molecule has 0 bridgehead atoms. The fourth-order valence-electron chi connectivity index (χ4n) is 1.53. The summed E-state index contributed by atoms with van der Waals surface area (Å²) in [4.78, 5) is 7.84. The van der Waals surface area contributed by atoms with Gasteiger partial charge in [0.2, 0.25) is 15.0 Å². The Balaban J connectivity index is 2.59. The fourth-order valence-corrected chi connectivity index (χ4v) is 2.05. The molecule has 0 fully saturated rings. The first kappa shape index (κ1) is 11.7. The van der Waals surface area contributed by atoms with Crippen LogP contribution in [0.5, 0.6) is 0 Å². The highest BCUT2D eigenvalue weighted by Gasteiger charge is 2.12. The zero-order chi connectivity index (χ0) is 12.5. The number of nitrogens with zero attached hydrogens (tertiary/aromatic N) is 2. The lowest BCUT2D eigenvalue weighted by molar-refractivity contribution is 0.593. The summed E-state index contributed by atoms with van der Waals surface area (Å²) in [5.41, 5.74) is 2.59. The van der Waals surface area contributed by atoms with E-state index in [-0.39, 0.29) is 5.16 Å². The summed E-state index contributed by atoms with van der Waals surface area (Å²) in [5.74, 6) is 0. The van der Waals surface area contributed by atoms with Crippen molar-refractivity contribution < 1.29 is 8.42 Å². The first-order chi connectivity index (χ1) is 7.98. The topological polar surface area (TPSA) is 59.9 Å². The smallest absolute Gasteiger partial charge is 0.227 e. The highest BCUT2D eigenvalue weighted by atomic mass is 32.2. The molecule has 0 N–H and O–H groups in total. The lowest BCUT2D eigenvalue weighted by Crippen LogP contribution is -2.04. The van der Waals surface area contributed by atoms with Crippen molar-refractivity contribution in [2.45, 2.75) is 12.1 Å². The monoisotopic (exact) mass is 248 g/mol. The molecular formula is C12H12N2O2S. The quantitative estimate of drug-likeness (QED) is 0.761. The molecule has 5 heteroatoms. The Bertz CT molecular complexity index is 651. The maximum absolute atomic E-state index is 11.4. The van der Waals surface area contributed by atoms with E-state index in [9.17, 15) is 8.42 Å². The number of aryl methyl sites for hydroxylation is 1. The van der Waals surface area contributed by atoms with Gasteiger partial charge in [0.05, 0.1) is 5.69 Å². The molecule has 4 nitrogen and oxygen atoms in total. The van der Waals surface area contributed by atoms with E-state index in [1.165, 1.54) is 6.20 Å². The van der Waals surface area contributed by atoms with Crippen molar-refractivity contribution in [1.29, 1.82) is 0 Å². The van der Waals surface area contributed by atoms with Gasteiger partial charge in [0.15, 0.2) is 0 Å². The van der Waals surface area contributed by atoms with Crippen molar-refractivity contribution in [2.24, 2.45) is 0 Å². The minimum Gasteiger partial charge on any atom is -0.227 e. The van der Waals surface area contributed by atoms with Gasteiger partial charge in [0, 0.05) is 18.0 Å². The van der Waals surface area contributed by atoms with Crippen LogP contribution in [-0.4, -0.2) is 24.6 Å². The summed E-state index contributed by atoms with van der Waals surface area (Å²) in [5, 5.41) is -0.141. The maximum atomic E-state index is 11.4. The van der Waals surface area contributed by atoms with Crippen LogP contribution in [0.2, 0.25) is 0 Å². The van der Waals surface area contributed by atoms with Gasteiger partial charge in [-0.15, -0.1) is 0 Å². The molecule has 0 spiro atoms. The van der Waals surface area contributed by atoms with Gasteiger partial charge in [-0.2, -0.15) is 0 Å². The maximum Gasteiger partial charge on any atom is 0.247 e. The molecule has 0 saturated heterocycles. The molecule has 0 unspecified atom stereocenters. The SMILES string of the molecule is Cc1ccccc1-c1ccnc(S(C)(=O)=O)n1. The highest BCUT2D eigenvalue weighted by molar-refractivity contribution is 7.90. The Morgan fingerprint density at radius 2 is 1.82 bits per heavy atom. The largest absolute Gasteiger partial charge is 0.247 e. The van der Waals surface area contributed by atoms with Crippen LogP contribution >= 0.6 is 0 Å². The first-order valence-corrected chi connectivity index (χ1v) is 6.97. The van der Waals surface area contributed by atoms with Crippen molar-refractivity contribution in [2.75, 3.05) is 6.26 Å². The number of hydrogen-bond acceptors (Lipinski definition) is 4. The van der Waals surface area contributed by atoms with E-state index in [0.717, 1.165) is 17.4 Å². The second kappa shape index (κ2) is 4.25. The Morgan fingerprint density at radius 1 is 1.12 bits per heavy atom. The lowest BCUT2D eigenvalue weighted by atomic mass is 10.1. The molecule has 1 aromatic carbocycles. The van der Waals surface area contributed by atoms with Crippen molar-refractivity contribution in [1.82, 2.24) is 9.97 Å². The van der Waals surface area contributed by atoms with Crippen LogP contribution in [-0.2, 0) is 9.84 Å². The van der Waals surface area contributed by atoms with E-state index in [1.807, 2.05) is 31.2 Å². The standard InChI is InChI=1S/C12H12N2O2S/c1-9-5-3-4-6-10(9)11-7-8-13-12(14-11)17(2,15)16/h3-8H,1-2H3. The molecule has 1 heterocycles. The van der Waals surface area contributed by atoms with Gasteiger partial charge >= 0.3 is 0 Å². The predicted octanol–water partition coefficient (Wildman–Crippen LogP) is 1.86. The summed E-state index contributed by atoms with van der Waals surface area (Å²) in [6, 6.07) is 9.39. The van der Waals surface area contributed by atoms with Crippen LogP contribution in [0.1, 0.15) is 5.56 Å². The second-order valence-electron chi connectivity index (χ2n) is 3.81. The normalized spacial score (nSPS) is 11.4. The van der Waals surface area contributed by atoms with Gasteiger partial charge in [-0.05, 0) is 18.6 Å². The molecule has 17 heavy (non-hydrogen) atoms. The molecule has 0 amide bonds. The third-order valence-electron chi connectivity index (χ3n) is 2.39. The second-order valence-corrected chi connectivity index (χ2v) is 5.72. The molecule has 88 valence electrons. The molecule has 0 radical (unpaired) electrons. The van der Waals surface area contributed by atoms with Gasteiger partial charge in [-0.25, -0.2) is 18.4 Å². The molecule has 2 aromatic rings. The summed E-state index contributed by atoms with van der Waals surface area (Å²) in [6.07, 6.45) is 2.56. The number of aromatic nitrogens is 2. The molecule has 2 rings (SSSR count). The average molecular weight is 248 g/mol. The summed E-state index contributed by atoms with van der Waals surface area (Å²) < 4.78 is 22.8. The summed E-state index contributed by atoms with van der Waals surface area (Å²) in [7, 11) is -3.37. The zero-order valence-corrected chi connectivity index (χ0v) is 10.4. The van der Waals surface area contributed by atoms with Crippen molar-refractivity contribution in [3.05, 3.63) is 42.1 Å². The summed E-state index contributed by atoms with van der Waals surface area (Å²) in [6.45, 7) is 1.96. The Morgan fingerprint density at radius 3 is 2.47 bits per heavy atom. The first-order valence-electron chi connectivity index (χ1n) is 5.07. The molecular weight excluding hydrogens is 236 g/mol. The van der Waals surface area contributed by atoms with Crippen LogP contribution in [0.3, 0.4) is 0 Å². The van der Waals surface area contributed by atoms with Crippen molar-refractivity contribution >= 4 is 9.84 Å². The summed E-state index contributed by atoms with van der Waals surface area (Å²) >= 11 is 0. The van der Waals surface area contributed by atoms with Crippen molar-refractivity contribution in [3.63, 3.8) is 0 Å². The van der Waals surface area contributed by atoms with Crippen LogP contribution in [0.15, 0.2) is 41.7 Å². The van der Waals surface area contributed by atoms with Gasteiger partial charge in [-0.3, -0.25) is 0 Å². The number of benzene rings is 1. The van der Waals surface area contributed by atoms with Crippen LogP contribution in [0.25, 0.3) is 11.3 Å². The number of rotatable bonds is 2. The third-order valence-corrected chi connectivity index (χ3v) is 3.25. The van der Waals surface area contributed by atoms with Crippen LogP contribution < -0.4 is 0 Å². The number of hydrogen-bond donors (Lipinski definition) is 0. The van der Waals surface area contributed by atoms with Gasteiger partial charge < -0.3 is 0 Å².